The van der Waals surface area contributed by atoms with Crippen LogP contribution in [0.25, 0.3) is 0 Å². The van der Waals surface area contributed by atoms with E-state index in [1.807, 2.05) is 0 Å². The van der Waals surface area contributed by atoms with Crippen molar-refractivity contribution in [3.05, 3.63) is 0 Å². The van der Waals surface area contributed by atoms with Crippen molar-refractivity contribution < 1.29 is 60.9 Å². The molecule has 0 aliphatic heterocycles. The summed E-state index contributed by atoms with van der Waals surface area (Å²) in [6.07, 6.45) is 0. The summed E-state index contributed by atoms with van der Waals surface area (Å²) in [7, 11) is 0. The van der Waals surface area contributed by atoms with E-state index in [0.717, 1.165) is 27.7 Å². The molecule has 0 aromatic heterocycles. The van der Waals surface area contributed by atoms with E-state index in [-0.39, 0.29) is 35.5 Å². The summed E-state index contributed by atoms with van der Waals surface area (Å²) >= 11 is 0. The second kappa shape index (κ2) is 11.2. The molecule has 0 heterocycles. The van der Waals surface area contributed by atoms with Gasteiger partial charge in [0.05, 0.1) is 13.1 Å². The minimum atomic E-state index is -0.724. The Morgan fingerprint density at radius 2 is 0.810 bits per heavy atom. The number of hydrogen-bond donors (Lipinski definition) is 0. The van der Waals surface area contributed by atoms with Crippen molar-refractivity contribution in [3.63, 3.8) is 0 Å². The van der Waals surface area contributed by atoms with E-state index in [1.165, 1.54) is 0 Å². The molecule has 0 aromatic rings. The molecule has 0 unspecified atom stereocenters. The first-order chi connectivity index (χ1) is 9.20. The van der Waals surface area contributed by atoms with Crippen molar-refractivity contribution in [2.24, 2.45) is 0 Å². The molecule has 11 heteroatoms. The molecule has 0 spiro atoms. The van der Waals surface area contributed by atoms with Gasteiger partial charge in [0.1, 0.15) is 0 Å². The summed E-state index contributed by atoms with van der Waals surface area (Å²) in [6.45, 7) is 3.97. The van der Waals surface area contributed by atoms with Gasteiger partial charge in [0, 0.05) is 60.5 Å². The van der Waals surface area contributed by atoms with Gasteiger partial charge in [-0.2, -0.15) is 0 Å². The predicted octanol–water partition coefficient (Wildman–Crippen LogP) is -0.500. The molecule has 0 saturated heterocycles. The van der Waals surface area contributed by atoms with Gasteiger partial charge in [0.25, 0.3) is 0 Å². The fraction of sp³-hybridized carbons (Fsp3) is 0.600. The van der Waals surface area contributed by atoms with Gasteiger partial charge in [-0.3, -0.25) is 19.2 Å². The Labute approximate surface area is 136 Å². The minimum Gasteiger partial charge on any atom is -0.333 e. The van der Waals surface area contributed by atoms with E-state index >= 15 is 0 Å². The Balaban J connectivity index is 0. The monoisotopic (exact) mass is 399 g/mol. The van der Waals surface area contributed by atoms with Gasteiger partial charge in [-0.1, -0.05) is 0 Å². The Hall–Kier alpha value is -1.46. The summed E-state index contributed by atoms with van der Waals surface area (Å²) in [5.41, 5.74) is 0. The van der Waals surface area contributed by atoms with E-state index < -0.39 is 23.9 Å². The molecule has 0 saturated carbocycles. The van der Waals surface area contributed by atoms with Crippen molar-refractivity contribution in [2.45, 2.75) is 27.7 Å². The van der Waals surface area contributed by atoms with Crippen molar-refractivity contribution >= 4 is 23.9 Å². The molecule has 1 radical (unpaired) electrons. The summed E-state index contributed by atoms with van der Waals surface area (Å²) in [5.74, 6) is -2.90. The smallest absolute Gasteiger partial charge is 0.326 e. The number of carbonyl (C=O) groups excluding carboxylic acids is 4. The molecule has 0 fully saturated rings. The molecule has 125 valence electrons. The maximum absolute atomic E-state index is 10.8. The van der Waals surface area contributed by atoms with Gasteiger partial charge in [-0.15, -0.1) is 0 Å². The first kappa shape index (κ1) is 21.8. The van der Waals surface area contributed by atoms with Crippen LogP contribution in [0.3, 0.4) is 0 Å². The molecule has 0 aliphatic rings. The van der Waals surface area contributed by atoms with E-state index in [1.54, 1.807) is 0 Å². The number of carbonyl (C=O) groups is 4. The first-order valence-electron chi connectivity index (χ1n) is 5.50. The zero-order valence-corrected chi connectivity index (χ0v) is 13.4. The fourth-order valence-electron chi connectivity index (χ4n) is 0.957. The summed E-state index contributed by atoms with van der Waals surface area (Å²) < 4.78 is 0. The zero-order chi connectivity index (χ0) is 15.7. The molecule has 0 N–H and O–H groups in total. The third-order valence-electron chi connectivity index (χ3n) is 1.39. The zero-order valence-electron chi connectivity index (χ0n) is 11.9. The topological polar surface area (TPSA) is 112 Å². The van der Waals surface area contributed by atoms with Crippen LogP contribution in [0.5, 0.6) is 0 Å². The van der Waals surface area contributed by atoms with E-state index in [4.69, 9.17) is 0 Å². The molecular weight excluding hydrogens is 384 g/mol. The molecule has 0 aromatic carbocycles. The van der Waals surface area contributed by atoms with Crippen LogP contribution in [0.1, 0.15) is 27.7 Å². The second-order valence-electron chi connectivity index (χ2n) is 3.44. The van der Waals surface area contributed by atoms with Crippen LogP contribution >= 0.6 is 0 Å². The summed E-state index contributed by atoms with van der Waals surface area (Å²) in [6, 6.07) is 0. The van der Waals surface area contributed by atoms with Crippen LogP contribution in [0, 0.1) is 0 Å². The van der Waals surface area contributed by atoms with Gasteiger partial charge in [-0.25, -0.2) is 0 Å². The largest absolute Gasteiger partial charge is 0.333 e. The van der Waals surface area contributed by atoms with Gasteiger partial charge < -0.3 is 19.4 Å². The Bertz CT molecular complexity index is 321. The van der Waals surface area contributed by atoms with Crippen LogP contribution < -0.4 is 0 Å². The quantitative estimate of drug-likeness (QED) is 0.410. The van der Waals surface area contributed by atoms with Gasteiger partial charge >= 0.3 is 23.9 Å². The fourth-order valence-corrected chi connectivity index (χ4v) is 0.957. The molecule has 0 amide bonds. The average molecular weight is 400 g/mol. The van der Waals surface area contributed by atoms with Crippen molar-refractivity contribution in [2.75, 3.05) is 13.1 Å². The van der Waals surface area contributed by atoms with Crippen LogP contribution in [0.15, 0.2) is 0 Å². The number of nitrogens with zero attached hydrogens (tertiary/aromatic N) is 2. The van der Waals surface area contributed by atoms with Crippen LogP contribution in [-0.4, -0.2) is 47.4 Å². The second-order valence-corrected chi connectivity index (χ2v) is 3.44. The van der Waals surface area contributed by atoms with Crippen molar-refractivity contribution in [3.8, 4) is 0 Å². The Kier molecular flexibility index (Phi) is 11.7. The standard InChI is InChI=1S/C10H16N2O8.Ag/c1-7(13)17-11(18-8(2)14)5-6-12(19-9(3)15)20-10(4)16;/h5-6H2,1-4H3;. The van der Waals surface area contributed by atoms with Crippen LogP contribution in [-0.2, 0) is 60.9 Å². The number of rotatable bonds is 7. The maximum Gasteiger partial charge on any atom is 0.326 e. The normalized spacial score (nSPS) is 9.62. The molecule has 0 bridgehead atoms. The van der Waals surface area contributed by atoms with Crippen molar-refractivity contribution in [1.29, 1.82) is 0 Å². The summed E-state index contributed by atoms with van der Waals surface area (Å²) in [5, 5.41) is 1.15. The van der Waals surface area contributed by atoms with E-state index in [0.29, 0.717) is 10.5 Å². The molecule has 21 heavy (non-hydrogen) atoms. The van der Waals surface area contributed by atoms with Crippen molar-refractivity contribution in [1.82, 2.24) is 10.5 Å². The molecule has 10 nitrogen and oxygen atoms in total. The first-order valence-corrected chi connectivity index (χ1v) is 5.50. The molecule has 0 rings (SSSR count). The van der Waals surface area contributed by atoms with Crippen LogP contribution in [0.4, 0.5) is 0 Å². The minimum absolute atomic E-state index is 0. The van der Waals surface area contributed by atoms with Gasteiger partial charge in [0.2, 0.25) is 0 Å². The Morgan fingerprint density at radius 1 is 0.619 bits per heavy atom. The number of hydrogen-bond acceptors (Lipinski definition) is 10. The van der Waals surface area contributed by atoms with Gasteiger partial charge in [-0.05, 0) is 0 Å². The molecular formula is C10H16AgN2O8. The van der Waals surface area contributed by atoms with E-state index in [2.05, 4.69) is 19.4 Å². The Morgan fingerprint density at radius 3 is 0.952 bits per heavy atom. The molecule has 0 atom stereocenters. The maximum atomic E-state index is 10.8. The van der Waals surface area contributed by atoms with Gasteiger partial charge in [0.15, 0.2) is 0 Å². The molecule has 0 aliphatic carbocycles. The van der Waals surface area contributed by atoms with E-state index in [9.17, 15) is 19.2 Å². The number of hydroxylamine groups is 4. The third kappa shape index (κ3) is 13.3. The average Bonchev–Trinajstić information content (AvgIpc) is 2.22. The SMILES string of the molecule is CC(=O)ON(CCN(OC(C)=O)OC(C)=O)OC(C)=O.[Ag]. The predicted molar refractivity (Wildman–Crippen MR) is 60.5 cm³/mol. The van der Waals surface area contributed by atoms with Crippen LogP contribution in [0.2, 0.25) is 0 Å². The summed E-state index contributed by atoms with van der Waals surface area (Å²) in [4.78, 5) is 61.4. The third-order valence-corrected chi connectivity index (χ3v) is 1.39.